The van der Waals surface area contributed by atoms with Gasteiger partial charge >= 0.3 is 0 Å². The quantitative estimate of drug-likeness (QED) is 0.761. The van der Waals surface area contributed by atoms with Gasteiger partial charge in [0.2, 0.25) is 12.7 Å². The summed E-state index contributed by atoms with van der Waals surface area (Å²) in [7, 11) is 0. The highest BCUT2D eigenvalue weighted by molar-refractivity contribution is 6.31. The lowest BCUT2D eigenvalue weighted by atomic mass is 10.2. The van der Waals surface area contributed by atoms with Gasteiger partial charge in [0.1, 0.15) is 5.75 Å². The Hall–Kier alpha value is -2.40. The number of rotatable bonds is 7. The molecule has 0 fully saturated rings. The maximum absolute atomic E-state index is 11.9. The summed E-state index contributed by atoms with van der Waals surface area (Å²) >= 11 is 5.98. The van der Waals surface area contributed by atoms with Crippen molar-refractivity contribution in [2.24, 2.45) is 0 Å². The zero-order valence-electron chi connectivity index (χ0n) is 14.0. The summed E-state index contributed by atoms with van der Waals surface area (Å²) in [6.45, 7) is 3.13. The molecule has 0 saturated carbocycles. The number of amides is 1. The Kier molecular flexibility index (Phi) is 5.66. The molecule has 6 heteroatoms. The number of aryl methyl sites for hydroxylation is 1. The Morgan fingerprint density at radius 2 is 2.04 bits per heavy atom. The van der Waals surface area contributed by atoms with Crippen molar-refractivity contribution in [2.45, 2.75) is 26.3 Å². The second-order valence-electron chi connectivity index (χ2n) is 5.83. The molecular formula is C19H20ClNO4. The highest BCUT2D eigenvalue weighted by Gasteiger charge is 2.13. The summed E-state index contributed by atoms with van der Waals surface area (Å²) in [5.41, 5.74) is 1.95. The maximum Gasteiger partial charge on any atom is 0.231 e. The van der Waals surface area contributed by atoms with Gasteiger partial charge in [0, 0.05) is 18.0 Å². The maximum atomic E-state index is 11.9. The second kappa shape index (κ2) is 8.12. The fourth-order valence-corrected chi connectivity index (χ4v) is 2.59. The van der Waals surface area contributed by atoms with Crippen molar-refractivity contribution in [3.63, 3.8) is 0 Å². The number of carbonyl (C=O) groups excluding carboxylic acids is 1. The van der Waals surface area contributed by atoms with Crippen molar-refractivity contribution in [3.05, 3.63) is 52.5 Å². The predicted molar refractivity (Wildman–Crippen MR) is 95.3 cm³/mol. The lowest BCUT2D eigenvalue weighted by Crippen LogP contribution is -2.22. The molecule has 0 bridgehead atoms. The van der Waals surface area contributed by atoms with Gasteiger partial charge in [0.05, 0.1) is 6.61 Å². The van der Waals surface area contributed by atoms with Crippen LogP contribution >= 0.6 is 11.6 Å². The third-order valence-corrected chi connectivity index (χ3v) is 4.30. The summed E-state index contributed by atoms with van der Waals surface area (Å²) in [5.74, 6) is 2.22. The molecule has 1 N–H and O–H groups in total. The molecule has 1 aliphatic rings. The highest BCUT2D eigenvalue weighted by Crippen LogP contribution is 2.32. The van der Waals surface area contributed by atoms with Gasteiger partial charge in [-0.2, -0.15) is 0 Å². The van der Waals surface area contributed by atoms with Crippen LogP contribution in [0.5, 0.6) is 17.2 Å². The number of ether oxygens (including phenoxy) is 3. The van der Waals surface area contributed by atoms with Crippen LogP contribution in [0, 0.1) is 6.92 Å². The van der Waals surface area contributed by atoms with Gasteiger partial charge in [-0.1, -0.05) is 17.7 Å². The lowest BCUT2D eigenvalue weighted by Gasteiger charge is -2.08. The molecule has 1 heterocycles. The van der Waals surface area contributed by atoms with Gasteiger partial charge in [-0.15, -0.1) is 0 Å². The molecule has 0 radical (unpaired) electrons. The van der Waals surface area contributed by atoms with E-state index < -0.39 is 0 Å². The number of fused-ring (bicyclic) bond motifs is 1. The first-order valence-electron chi connectivity index (χ1n) is 8.16. The molecule has 3 rings (SSSR count). The molecule has 0 unspecified atom stereocenters. The Bertz CT molecular complexity index is 763. The van der Waals surface area contributed by atoms with Gasteiger partial charge in [-0.25, -0.2) is 0 Å². The van der Waals surface area contributed by atoms with Gasteiger partial charge in [0.15, 0.2) is 11.5 Å². The molecule has 2 aromatic carbocycles. The van der Waals surface area contributed by atoms with Crippen molar-refractivity contribution < 1.29 is 19.0 Å². The molecule has 2 aromatic rings. The average Bonchev–Trinajstić information content (AvgIpc) is 3.07. The predicted octanol–water partition coefficient (Wildman–Crippen LogP) is 3.85. The molecule has 1 aliphatic heterocycles. The topological polar surface area (TPSA) is 56.8 Å². The summed E-state index contributed by atoms with van der Waals surface area (Å²) < 4.78 is 16.2. The van der Waals surface area contributed by atoms with Crippen molar-refractivity contribution in [3.8, 4) is 17.2 Å². The number of benzene rings is 2. The SMILES string of the molecule is Cc1cc(OCCCC(=O)NCc2ccc3c(c2)OCO3)ccc1Cl. The van der Waals surface area contributed by atoms with Crippen LogP contribution < -0.4 is 19.5 Å². The van der Waals surface area contributed by atoms with Crippen molar-refractivity contribution in [1.29, 1.82) is 0 Å². The molecule has 5 nitrogen and oxygen atoms in total. The summed E-state index contributed by atoms with van der Waals surface area (Å²) in [5, 5.41) is 3.61. The Morgan fingerprint density at radius 3 is 2.88 bits per heavy atom. The number of carbonyl (C=O) groups is 1. The van der Waals surface area contributed by atoms with Crippen LogP contribution in [0.15, 0.2) is 36.4 Å². The molecule has 25 heavy (non-hydrogen) atoms. The number of halogens is 1. The van der Waals surface area contributed by atoms with E-state index in [1.165, 1.54) is 0 Å². The monoisotopic (exact) mass is 361 g/mol. The van der Waals surface area contributed by atoms with Crippen LogP contribution in [0.2, 0.25) is 5.02 Å². The van der Waals surface area contributed by atoms with Crippen molar-refractivity contribution in [1.82, 2.24) is 5.32 Å². The van der Waals surface area contributed by atoms with Crippen LogP contribution in [0.3, 0.4) is 0 Å². The Balaban J connectivity index is 1.36. The van der Waals surface area contributed by atoms with E-state index in [1.807, 2.05) is 43.3 Å². The minimum atomic E-state index is -0.00597. The summed E-state index contributed by atoms with van der Waals surface area (Å²) in [4.78, 5) is 11.9. The fraction of sp³-hybridized carbons (Fsp3) is 0.316. The van der Waals surface area contributed by atoms with E-state index in [1.54, 1.807) is 0 Å². The van der Waals surface area contributed by atoms with Gasteiger partial charge in [-0.05, 0) is 54.8 Å². The largest absolute Gasteiger partial charge is 0.494 e. The lowest BCUT2D eigenvalue weighted by molar-refractivity contribution is -0.121. The molecule has 0 spiro atoms. The van der Waals surface area contributed by atoms with E-state index in [-0.39, 0.29) is 12.7 Å². The fourth-order valence-electron chi connectivity index (χ4n) is 2.47. The van der Waals surface area contributed by atoms with Crippen molar-refractivity contribution in [2.75, 3.05) is 13.4 Å². The van der Waals surface area contributed by atoms with E-state index in [0.29, 0.717) is 26.0 Å². The average molecular weight is 362 g/mol. The van der Waals surface area contributed by atoms with Crippen LogP contribution in [0.4, 0.5) is 0 Å². The molecular weight excluding hydrogens is 342 g/mol. The van der Waals surface area contributed by atoms with E-state index in [4.69, 9.17) is 25.8 Å². The second-order valence-corrected chi connectivity index (χ2v) is 6.23. The molecule has 1 amide bonds. The molecule has 132 valence electrons. The normalized spacial score (nSPS) is 12.1. The summed E-state index contributed by atoms with van der Waals surface area (Å²) in [6, 6.07) is 11.2. The number of hydrogen-bond acceptors (Lipinski definition) is 4. The number of nitrogens with one attached hydrogen (secondary N) is 1. The van der Waals surface area contributed by atoms with E-state index in [2.05, 4.69) is 5.32 Å². The standard InChI is InChI=1S/C19H20ClNO4/c1-13-9-15(5-6-16(13)20)23-8-2-3-19(22)21-11-14-4-7-17-18(10-14)25-12-24-17/h4-7,9-10H,2-3,8,11-12H2,1H3,(H,21,22). The Morgan fingerprint density at radius 1 is 1.20 bits per heavy atom. The number of hydrogen-bond donors (Lipinski definition) is 1. The van der Waals surface area contributed by atoms with E-state index >= 15 is 0 Å². The van der Waals surface area contributed by atoms with Gasteiger partial charge in [-0.3, -0.25) is 4.79 Å². The van der Waals surface area contributed by atoms with Gasteiger partial charge in [0.25, 0.3) is 0 Å². The molecule has 0 atom stereocenters. The van der Waals surface area contributed by atoms with Gasteiger partial charge < -0.3 is 19.5 Å². The van der Waals surface area contributed by atoms with E-state index in [9.17, 15) is 4.79 Å². The zero-order valence-corrected chi connectivity index (χ0v) is 14.8. The van der Waals surface area contributed by atoms with E-state index in [0.717, 1.165) is 33.4 Å². The van der Waals surface area contributed by atoms with Crippen LogP contribution in [0.1, 0.15) is 24.0 Å². The molecule has 0 aliphatic carbocycles. The minimum Gasteiger partial charge on any atom is -0.494 e. The third kappa shape index (κ3) is 4.79. The van der Waals surface area contributed by atoms with Crippen LogP contribution in [0.25, 0.3) is 0 Å². The van der Waals surface area contributed by atoms with Crippen LogP contribution in [-0.4, -0.2) is 19.3 Å². The minimum absolute atomic E-state index is 0.00597. The first-order valence-corrected chi connectivity index (χ1v) is 8.54. The van der Waals surface area contributed by atoms with Crippen molar-refractivity contribution >= 4 is 17.5 Å². The highest BCUT2D eigenvalue weighted by atomic mass is 35.5. The first kappa shape index (κ1) is 17.4. The molecule has 0 saturated heterocycles. The Labute approximate surface area is 151 Å². The first-order chi connectivity index (χ1) is 12.1. The zero-order chi connectivity index (χ0) is 17.6. The summed E-state index contributed by atoms with van der Waals surface area (Å²) in [6.07, 6.45) is 1.06. The van der Waals surface area contributed by atoms with Crippen LogP contribution in [-0.2, 0) is 11.3 Å². The third-order valence-electron chi connectivity index (χ3n) is 3.87. The molecule has 0 aromatic heterocycles. The smallest absolute Gasteiger partial charge is 0.231 e.